The lowest BCUT2D eigenvalue weighted by atomic mass is 10.1. The first-order valence-corrected chi connectivity index (χ1v) is 6.81. The van der Waals surface area contributed by atoms with E-state index in [0.29, 0.717) is 12.3 Å². The summed E-state index contributed by atoms with van der Waals surface area (Å²) in [5.74, 6) is 1.88. The predicted molar refractivity (Wildman–Crippen MR) is 71.9 cm³/mol. The predicted octanol–water partition coefficient (Wildman–Crippen LogP) is 3.81. The fourth-order valence-corrected chi connectivity index (χ4v) is 2.80. The van der Waals surface area contributed by atoms with Gasteiger partial charge in [0, 0.05) is 17.9 Å². The topological polar surface area (TPSA) is 45.8 Å². The number of benzene rings is 1. The van der Waals surface area contributed by atoms with Gasteiger partial charge in [-0.15, -0.1) is 0 Å². The Hall–Kier alpha value is -1.64. The van der Waals surface area contributed by atoms with Gasteiger partial charge in [-0.3, -0.25) is 4.79 Å². The number of imidazole rings is 1. The number of hydrogen-bond donors (Lipinski definition) is 1. The van der Waals surface area contributed by atoms with Crippen LogP contribution in [0.2, 0.25) is 0 Å². The minimum atomic E-state index is 0.189. The Morgan fingerprint density at radius 3 is 2.89 bits per heavy atom. The third-order valence-corrected chi connectivity index (χ3v) is 3.89. The van der Waals surface area contributed by atoms with Crippen LogP contribution in [0, 0.1) is 0 Å². The van der Waals surface area contributed by atoms with Crippen molar-refractivity contribution in [1.82, 2.24) is 9.97 Å². The zero-order valence-corrected chi connectivity index (χ0v) is 10.7. The van der Waals surface area contributed by atoms with E-state index in [1.54, 1.807) is 0 Å². The number of nitrogens with zero attached hydrogens (tertiary/aromatic N) is 1. The Balaban J connectivity index is 1.98. The molecule has 1 aromatic heterocycles. The number of aromatic nitrogens is 2. The third kappa shape index (κ3) is 1.94. The molecule has 0 atom stereocenters. The lowest BCUT2D eigenvalue weighted by Gasteiger charge is -2.02. The molecule has 0 unspecified atom stereocenters. The molecule has 1 aliphatic rings. The smallest absolute Gasteiger partial charge is 0.162 e. The Bertz CT molecular complexity index is 579. The standard InChI is InChI=1S/C15H18N2O/c1-2-14(18)11-7-8-12-13(9-11)17-15(16-12)10-5-3-4-6-10/h7-10H,2-6H2,1H3,(H,16,17). The van der Waals surface area contributed by atoms with Crippen molar-refractivity contribution in [1.29, 1.82) is 0 Å². The number of fused-ring (bicyclic) bond motifs is 1. The van der Waals surface area contributed by atoms with Crippen LogP contribution in [0.3, 0.4) is 0 Å². The lowest BCUT2D eigenvalue weighted by Crippen LogP contribution is -1.95. The number of carbonyl (C=O) groups is 1. The van der Waals surface area contributed by atoms with E-state index in [4.69, 9.17) is 0 Å². The largest absolute Gasteiger partial charge is 0.342 e. The molecular formula is C15H18N2O. The maximum absolute atomic E-state index is 11.7. The van der Waals surface area contributed by atoms with Gasteiger partial charge in [-0.2, -0.15) is 0 Å². The lowest BCUT2D eigenvalue weighted by molar-refractivity contribution is 0.0988. The van der Waals surface area contributed by atoms with Crippen LogP contribution in [-0.4, -0.2) is 15.8 Å². The number of H-pyrrole nitrogens is 1. The number of nitrogens with one attached hydrogen (secondary N) is 1. The van der Waals surface area contributed by atoms with Crippen molar-refractivity contribution in [3.63, 3.8) is 0 Å². The summed E-state index contributed by atoms with van der Waals surface area (Å²) in [5.41, 5.74) is 2.76. The van der Waals surface area contributed by atoms with E-state index >= 15 is 0 Å². The van der Waals surface area contributed by atoms with Crippen LogP contribution >= 0.6 is 0 Å². The first kappa shape index (κ1) is 11.5. The second kappa shape index (κ2) is 4.56. The van der Waals surface area contributed by atoms with Gasteiger partial charge in [0.15, 0.2) is 5.78 Å². The Morgan fingerprint density at radius 1 is 1.39 bits per heavy atom. The number of rotatable bonds is 3. The average molecular weight is 242 g/mol. The second-order valence-corrected chi connectivity index (χ2v) is 5.11. The van der Waals surface area contributed by atoms with Crippen LogP contribution in [0.4, 0.5) is 0 Å². The fraction of sp³-hybridized carbons (Fsp3) is 0.467. The molecule has 0 bridgehead atoms. The summed E-state index contributed by atoms with van der Waals surface area (Å²) in [4.78, 5) is 19.7. The molecule has 1 aromatic carbocycles. The molecule has 2 aromatic rings. The molecule has 1 N–H and O–H groups in total. The van der Waals surface area contributed by atoms with Gasteiger partial charge in [0.05, 0.1) is 11.0 Å². The van der Waals surface area contributed by atoms with Crippen molar-refractivity contribution in [3.05, 3.63) is 29.6 Å². The summed E-state index contributed by atoms with van der Waals surface area (Å²) >= 11 is 0. The number of ketones is 1. The maximum atomic E-state index is 11.7. The highest BCUT2D eigenvalue weighted by Gasteiger charge is 2.20. The van der Waals surface area contributed by atoms with E-state index in [9.17, 15) is 4.79 Å². The summed E-state index contributed by atoms with van der Waals surface area (Å²) < 4.78 is 0. The van der Waals surface area contributed by atoms with E-state index in [-0.39, 0.29) is 5.78 Å². The number of Topliss-reactive ketones (excluding diaryl/α,β-unsaturated/α-hetero) is 1. The average Bonchev–Trinajstić information content (AvgIpc) is 3.04. The fourth-order valence-electron chi connectivity index (χ4n) is 2.80. The van der Waals surface area contributed by atoms with Gasteiger partial charge in [-0.25, -0.2) is 4.98 Å². The molecule has 94 valence electrons. The van der Waals surface area contributed by atoms with Crippen molar-refractivity contribution >= 4 is 16.8 Å². The molecule has 3 heteroatoms. The van der Waals surface area contributed by atoms with E-state index in [0.717, 1.165) is 22.4 Å². The highest BCUT2D eigenvalue weighted by molar-refractivity contribution is 5.98. The molecule has 0 amide bonds. The van der Waals surface area contributed by atoms with E-state index in [1.165, 1.54) is 25.7 Å². The molecule has 0 spiro atoms. The molecule has 1 saturated carbocycles. The van der Waals surface area contributed by atoms with Crippen molar-refractivity contribution in [2.75, 3.05) is 0 Å². The number of hydrogen-bond acceptors (Lipinski definition) is 2. The SMILES string of the molecule is CCC(=O)c1ccc2nc(C3CCCC3)[nH]c2c1. The van der Waals surface area contributed by atoms with Gasteiger partial charge in [0.1, 0.15) is 5.82 Å². The van der Waals surface area contributed by atoms with Crippen LogP contribution in [-0.2, 0) is 0 Å². The number of carbonyl (C=O) groups excluding carboxylic acids is 1. The quantitative estimate of drug-likeness (QED) is 0.832. The molecule has 0 radical (unpaired) electrons. The molecule has 3 rings (SSSR count). The van der Waals surface area contributed by atoms with Crippen LogP contribution in [0.15, 0.2) is 18.2 Å². The second-order valence-electron chi connectivity index (χ2n) is 5.11. The molecule has 18 heavy (non-hydrogen) atoms. The van der Waals surface area contributed by atoms with Gasteiger partial charge in [0.25, 0.3) is 0 Å². The molecule has 0 aliphatic heterocycles. The van der Waals surface area contributed by atoms with Gasteiger partial charge in [0.2, 0.25) is 0 Å². The molecular weight excluding hydrogens is 224 g/mol. The summed E-state index contributed by atoms with van der Waals surface area (Å²) in [6, 6.07) is 5.77. The van der Waals surface area contributed by atoms with Crippen molar-refractivity contribution in [2.24, 2.45) is 0 Å². The first-order valence-electron chi connectivity index (χ1n) is 6.81. The third-order valence-electron chi connectivity index (χ3n) is 3.89. The molecule has 0 saturated heterocycles. The van der Waals surface area contributed by atoms with E-state index < -0.39 is 0 Å². The highest BCUT2D eigenvalue weighted by atomic mass is 16.1. The van der Waals surface area contributed by atoms with Gasteiger partial charge in [-0.05, 0) is 31.0 Å². The van der Waals surface area contributed by atoms with Gasteiger partial charge in [-0.1, -0.05) is 19.8 Å². The maximum Gasteiger partial charge on any atom is 0.162 e. The van der Waals surface area contributed by atoms with E-state index in [2.05, 4.69) is 9.97 Å². The highest BCUT2D eigenvalue weighted by Crippen LogP contribution is 2.33. The first-order chi connectivity index (χ1) is 8.78. The Morgan fingerprint density at radius 2 is 2.17 bits per heavy atom. The number of aromatic amines is 1. The summed E-state index contributed by atoms with van der Waals surface area (Å²) in [5, 5.41) is 0. The zero-order chi connectivity index (χ0) is 12.5. The molecule has 1 aliphatic carbocycles. The van der Waals surface area contributed by atoms with Crippen LogP contribution < -0.4 is 0 Å². The summed E-state index contributed by atoms with van der Waals surface area (Å²) in [7, 11) is 0. The molecule has 3 nitrogen and oxygen atoms in total. The monoisotopic (exact) mass is 242 g/mol. The van der Waals surface area contributed by atoms with E-state index in [1.807, 2.05) is 25.1 Å². The summed E-state index contributed by atoms with van der Waals surface area (Å²) in [6.45, 7) is 1.89. The van der Waals surface area contributed by atoms with Crippen molar-refractivity contribution in [2.45, 2.75) is 44.9 Å². The summed E-state index contributed by atoms with van der Waals surface area (Å²) in [6.07, 6.45) is 5.64. The normalized spacial score (nSPS) is 16.5. The minimum Gasteiger partial charge on any atom is -0.342 e. The zero-order valence-electron chi connectivity index (χ0n) is 10.7. The minimum absolute atomic E-state index is 0.189. The van der Waals surface area contributed by atoms with Crippen LogP contribution in [0.25, 0.3) is 11.0 Å². The van der Waals surface area contributed by atoms with Gasteiger partial charge < -0.3 is 4.98 Å². The molecule has 1 heterocycles. The van der Waals surface area contributed by atoms with Gasteiger partial charge >= 0.3 is 0 Å². The molecule has 1 fully saturated rings. The van der Waals surface area contributed by atoms with Crippen LogP contribution in [0.1, 0.15) is 61.1 Å². The van der Waals surface area contributed by atoms with Crippen molar-refractivity contribution in [3.8, 4) is 0 Å². The Labute approximate surface area is 107 Å². The van der Waals surface area contributed by atoms with Crippen molar-refractivity contribution < 1.29 is 4.79 Å². The van der Waals surface area contributed by atoms with Crippen LogP contribution in [0.5, 0.6) is 0 Å². The Kier molecular flexibility index (Phi) is 2.90.